The number of nitrogens with one attached hydrogen (secondary N) is 2. The van der Waals surface area contributed by atoms with Crippen LogP contribution in [0.5, 0.6) is 0 Å². The third-order valence-corrected chi connectivity index (χ3v) is 5.46. The van der Waals surface area contributed by atoms with Crippen LogP contribution >= 0.6 is 23.2 Å². The maximum absolute atomic E-state index is 12.5. The Morgan fingerprint density at radius 2 is 1.88 bits per heavy atom. The van der Waals surface area contributed by atoms with Gasteiger partial charge in [-0.2, -0.15) is 0 Å². The highest BCUT2D eigenvalue weighted by Crippen LogP contribution is 2.31. The average Bonchev–Trinajstić information content (AvgIpc) is 3.05. The van der Waals surface area contributed by atoms with E-state index in [9.17, 15) is 9.59 Å². The first-order chi connectivity index (χ1) is 12.5. The van der Waals surface area contributed by atoms with E-state index in [2.05, 4.69) is 15.0 Å². The topological polar surface area (TPSA) is 81.8 Å². The van der Waals surface area contributed by atoms with Crippen LogP contribution in [0.2, 0.25) is 10.0 Å². The fraction of sp³-hybridized carbons (Fsp3) is 0.278. The summed E-state index contributed by atoms with van der Waals surface area (Å²) in [5.41, 5.74) is 1.93. The lowest BCUT2D eigenvalue weighted by Gasteiger charge is -2.31. The van der Waals surface area contributed by atoms with E-state index in [1.807, 2.05) is 0 Å². The van der Waals surface area contributed by atoms with Crippen molar-refractivity contribution in [1.82, 2.24) is 19.9 Å². The minimum atomic E-state index is -0.217. The van der Waals surface area contributed by atoms with Crippen molar-refractivity contribution < 1.29 is 4.79 Å². The second-order valence-corrected chi connectivity index (χ2v) is 7.23. The molecule has 2 N–H and O–H groups in total. The normalized spacial score (nSPS) is 15.5. The molecule has 8 heteroatoms. The van der Waals surface area contributed by atoms with Gasteiger partial charge in [-0.25, -0.2) is 4.98 Å². The Morgan fingerprint density at radius 3 is 2.58 bits per heavy atom. The Hall–Kier alpha value is -2.31. The third-order valence-electron chi connectivity index (χ3n) is 4.74. The minimum Gasteiger partial charge on any atom is -0.342 e. The first-order valence-corrected chi connectivity index (χ1v) is 9.09. The summed E-state index contributed by atoms with van der Waals surface area (Å²) in [6.45, 7) is 1.28. The molecule has 1 aliphatic rings. The fourth-order valence-corrected chi connectivity index (χ4v) is 3.62. The van der Waals surface area contributed by atoms with Gasteiger partial charge in [0.25, 0.3) is 5.91 Å². The SMILES string of the molecule is O=C(c1ccc(=O)[nH]c1)N1CCC(c2nc3cc(Cl)c(Cl)cc3[nH]2)CC1. The molecule has 4 rings (SSSR count). The molecule has 3 heterocycles. The molecule has 26 heavy (non-hydrogen) atoms. The van der Waals surface area contributed by atoms with Crippen molar-refractivity contribution in [3.05, 3.63) is 62.2 Å². The molecule has 0 radical (unpaired) electrons. The van der Waals surface area contributed by atoms with Crippen LogP contribution in [-0.4, -0.2) is 38.8 Å². The summed E-state index contributed by atoms with van der Waals surface area (Å²) in [5, 5.41) is 0.981. The van der Waals surface area contributed by atoms with Crippen LogP contribution < -0.4 is 5.56 Å². The number of aromatic nitrogens is 3. The molecule has 1 aromatic carbocycles. The molecular weight excluding hydrogens is 375 g/mol. The van der Waals surface area contributed by atoms with E-state index in [0.717, 1.165) is 29.7 Å². The van der Waals surface area contributed by atoms with Crippen LogP contribution in [0.4, 0.5) is 0 Å². The monoisotopic (exact) mass is 390 g/mol. The van der Waals surface area contributed by atoms with Gasteiger partial charge < -0.3 is 14.9 Å². The zero-order chi connectivity index (χ0) is 18.3. The van der Waals surface area contributed by atoms with Crippen LogP contribution in [0.15, 0.2) is 35.3 Å². The van der Waals surface area contributed by atoms with Gasteiger partial charge in [-0.1, -0.05) is 23.2 Å². The number of piperidine rings is 1. The Morgan fingerprint density at radius 1 is 1.15 bits per heavy atom. The van der Waals surface area contributed by atoms with Crippen LogP contribution in [-0.2, 0) is 0 Å². The third kappa shape index (κ3) is 3.22. The number of carbonyl (C=O) groups excluding carboxylic acids is 1. The van der Waals surface area contributed by atoms with Crippen molar-refractivity contribution in [3.63, 3.8) is 0 Å². The molecule has 0 unspecified atom stereocenters. The standard InChI is InChI=1S/C18H16Cl2N4O2/c19-12-7-14-15(8-13(12)20)23-17(22-14)10-3-5-24(6-4-10)18(26)11-1-2-16(25)21-9-11/h1-2,7-10H,3-6H2,(H,21,25)(H,22,23). The first-order valence-electron chi connectivity index (χ1n) is 8.34. The zero-order valence-corrected chi connectivity index (χ0v) is 15.3. The molecule has 1 saturated heterocycles. The number of benzene rings is 1. The number of nitrogens with zero attached hydrogens (tertiary/aromatic N) is 2. The highest BCUT2D eigenvalue weighted by atomic mass is 35.5. The number of imidazole rings is 1. The van der Waals surface area contributed by atoms with Crippen LogP contribution in [0.25, 0.3) is 11.0 Å². The largest absolute Gasteiger partial charge is 0.342 e. The van der Waals surface area contributed by atoms with Crippen LogP contribution in [0.1, 0.15) is 34.9 Å². The van der Waals surface area contributed by atoms with Gasteiger partial charge in [0.1, 0.15) is 5.82 Å². The Balaban J connectivity index is 1.47. The average molecular weight is 391 g/mol. The number of halogens is 2. The summed E-state index contributed by atoms with van der Waals surface area (Å²) in [5.74, 6) is 1.08. The Kier molecular flexibility index (Phi) is 4.46. The predicted molar refractivity (Wildman–Crippen MR) is 101 cm³/mol. The smallest absolute Gasteiger partial charge is 0.255 e. The maximum atomic E-state index is 12.5. The lowest BCUT2D eigenvalue weighted by Crippen LogP contribution is -2.38. The number of hydrogen-bond donors (Lipinski definition) is 2. The van der Waals surface area contributed by atoms with E-state index < -0.39 is 0 Å². The summed E-state index contributed by atoms with van der Waals surface area (Å²) in [6.07, 6.45) is 3.09. The van der Waals surface area contributed by atoms with Gasteiger partial charge in [-0.15, -0.1) is 0 Å². The molecule has 0 spiro atoms. The fourth-order valence-electron chi connectivity index (χ4n) is 3.30. The minimum absolute atomic E-state index is 0.0668. The number of hydrogen-bond acceptors (Lipinski definition) is 3. The lowest BCUT2D eigenvalue weighted by molar-refractivity contribution is 0.0711. The number of carbonyl (C=O) groups is 1. The molecule has 0 aliphatic carbocycles. The van der Waals surface area contributed by atoms with E-state index in [-0.39, 0.29) is 17.4 Å². The molecule has 0 atom stereocenters. The van der Waals surface area contributed by atoms with Gasteiger partial charge >= 0.3 is 0 Å². The molecule has 1 fully saturated rings. The molecule has 1 amide bonds. The molecule has 134 valence electrons. The lowest BCUT2D eigenvalue weighted by atomic mass is 9.96. The number of rotatable bonds is 2. The van der Waals surface area contributed by atoms with E-state index in [4.69, 9.17) is 23.2 Å². The molecular formula is C18H16Cl2N4O2. The van der Waals surface area contributed by atoms with Crippen molar-refractivity contribution in [1.29, 1.82) is 0 Å². The van der Waals surface area contributed by atoms with Gasteiger partial charge in [-0.3, -0.25) is 9.59 Å². The maximum Gasteiger partial charge on any atom is 0.255 e. The number of H-pyrrole nitrogens is 2. The van der Waals surface area contributed by atoms with Gasteiger partial charge in [0.05, 0.1) is 26.6 Å². The highest BCUT2D eigenvalue weighted by molar-refractivity contribution is 6.42. The summed E-state index contributed by atoms with van der Waals surface area (Å²) < 4.78 is 0. The highest BCUT2D eigenvalue weighted by Gasteiger charge is 2.26. The molecule has 6 nitrogen and oxygen atoms in total. The summed E-state index contributed by atoms with van der Waals surface area (Å²) in [6, 6.07) is 6.46. The number of aromatic amines is 2. The number of likely N-dealkylation sites (tertiary alicyclic amines) is 1. The second kappa shape index (κ2) is 6.78. The molecule has 2 aromatic heterocycles. The molecule has 3 aromatic rings. The van der Waals surface area contributed by atoms with Crippen LogP contribution in [0, 0.1) is 0 Å². The Bertz CT molecular complexity index is 976. The van der Waals surface area contributed by atoms with Crippen molar-refractivity contribution >= 4 is 40.1 Å². The number of fused-ring (bicyclic) bond motifs is 1. The van der Waals surface area contributed by atoms with E-state index in [0.29, 0.717) is 28.7 Å². The number of pyridine rings is 1. The van der Waals surface area contributed by atoms with E-state index in [1.54, 1.807) is 23.1 Å². The van der Waals surface area contributed by atoms with Crippen LogP contribution in [0.3, 0.4) is 0 Å². The predicted octanol–water partition coefficient (Wildman–Crippen LogP) is 3.58. The van der Waals surface area contributed by atoms with Crippen molar-refractivity contribution in [2.75, 3.05) is 13.1 Å². The summed E-state index contributed by atoms with van der Waals surface area (Å²) in [7, 11) is 0. The van der Waals surface area contributed by atoms with E-state index >= 15 is 0 Å². The number of amides is 1. The first kappa shape index (κ1) is 17.1. The van der Waals surface area contributed by atoms with Gasteiger partial charge in [0.2, 0.25) is 5.56 Å². The molecule has 0 bridgehead atoms. The van der Waals surface area contributed by atoms with E-state index in [1.165, 1.54) is 12.3 Å². The van der Waals surface area contributed by atoms with Crippen molar-refractivity contribution in [2.24, 2.45) is 0 Å². The Labute approximate surface area is 159 Å². The van der Waals surface area contributed by atoms with Crippen molar-refractivity contribution in [3.8, 4) is 0 Å². The quantitative estimate of drug-likeness (QED) is 0.701. The molecule has 1 aliphatic heterocycles. The second-order valence-electron chi connectivity index (χ2n) is 6.41. The van der Waals surface area contributed by atoms with Crippen molar-refractivity contribution in [2.45, 2.75) is 18.8 Å². The molecule has 0 saturated carbocycles. The van der Waals surface area contributed by atoms with Gasteiger partial charge in [0.15, 0.2) is 0 Å². The zero-order valence-electron chi connectivity index (χ0n) is 13.8. The van der Waals surface area contributed by atoms with Gasteiger partial charge in [0, 0.05) is 31.3 Å². The summed E-state index contributed by atoms with van der Waals surface area (Å²) in [4.78, 5) is 35.9. The van der Waals surface area contributed by atoms with Gasteiger partial charge in [-0.05, 0) is 31.0 Å². The summed E-state index contributed by atoms with van der Waals surface area (Å²) >= 11 is 12.1.